The molecule has 3 aromatic rings. The number of rotatable bonds is 4. The van der Waals surface area contributed by atoms with Gasteiger partial charge in [0.1, 0.15) is 16.3 Å². The van der Waals surface area contributed by atoms with Gasteiger partial charge < -0.3 is 0 Å². The number of halogens is 2. The number of thiazole rings is 1. The molecule has 0 spiro atoms. The summed E-state index contributed by atoms with van der Waals surface area (Å²) < 4.78 is 29.4. The fourth-order valence-corrected chi connectivity index (χ4v) is 3.73. The molecule has 0 N–H and O–H groups in total. The van der Waals surface area contributed by atoms with Crippen LogP contribution in [0.4, 0.5) is 8.78 Å². The van der Waals surface area contributed by atoms with Crippen LogP contribution in [0.2, 0.25) is 0 Å². The Morgan fingerprint density at radius 2 is 1.72 bits per heavy atom. The number of aromatic nitrogens is 1. The number of ketones is 1. The van der Waals surface area contributed by atoms with E-state index in [1.165, 1.54) is 34.9 Å². The number of carbonyl (C=O) groups excluding carboxylic acids is 1. The highest BCUT2D eigenvalue weighted by Gasteiger charge is 2.19. The minimum Gasteiger partial charge on any atom is -0.294 e. The van der Waals surface area contributed by atoms with Crippen molar-refractivity contribution in [3.8, 4) is 0 Å². The average Bonchev–Trinajstić information content (AvgIpc) is 2.90. The lowest BCUT2D eigenvalue weighted by Gasteiger charge is -2.13. The molecule has 150 valence electrons. The van der Waals surface area contributed by atoms with E-state index in [0.29, 0.717) is 20.3 Å². The second kappa shape index (κ2) is 8.25. The van der Waals surface area contributed by atoms with Crippen LogP contribution < -0.4 is 14.8 Å². The molecule has 0 bridgehead atoms. The number of carbonyl (C=O) groups is 1. The predicted octanol–water partition coefficient (Wildman–Crippen LogP) is 3.46. The summed E-state index contributed by atoms with van der Waals surface area (Å²) in [6, 6.07) is 11.9. The van der Waals surface area contributed by atoms with E-state index < -0.39 is 17.0 Å². The van der Waals surface area contributed by atoms with Gasteiger partial charge in [-0.05, 0) is 41.5 Å². The van der Waals surface area contributed by atoms with Crippen LogP contribution in [0.3, 0.4) is 0 Å². The third kappa shape index (κ3) is 5.15. The normalized spacial score (nSPS) is 13.1. The van der Waals surface area contributed by atoms with Gasteiger partial charge in [0.25, 0.3) is 5.56 Å². The van der Waals surface area contributed by atoms with Gasteiger partial charge in [-0.2, -0.15) is 0 Å². The number of hydrogen-bond donors (Lipinski definition) is 0. The molecule has 6 heteroatoms. The first-order valence-corrected chi connectivity index (χ1v) is 9.93. The van der Waals surface area contributed by atoms with Crippen LogP contribution in [0.1, 0.15) is 31.9 Å². The molecule has 0 fully saturated rings. The average molecular weight is 413 g/mol. The predicted molar refractivity (Wildman–Crippen MR) is 112 cm³/mol. The molecular formula is C23H21F2NO2S. The van der Waals surface area contributed by atoms with Crippen LogP contribution in [-0.2, 0) is 11.3 Å². The molecule has 0 aliphatic rings. The first kappa shape index (κ1) is 20.9. The van der Waals surface area contributed by atoms with Crippen molar-refractivity contribution in [1.82, 2.24) is 4.57 Å². The molecule has 29 heavy (non-hydrogen) atoms. The highest BCUT2D eigenvalue weighted by molar-refractivity contribution is 7.07. The van der Waals surface area contributed by atoms with Gasteiger partial charge in [-0.1, -0.05) is 45.0 Å². The van der Waals surface area contributed by atoms with Crippen LogP contribution in [0.5, 0.6) is 0 Å². The summed E-state index contributed by atoms with van der Waals surface area (Å²) in [5, 5.41) is 0. The van der Waals surface area contributed by atoms with Crippen molar-refractivity contribution >= 4 is 29.3 Å². The Bertz CT molecular complexity index is 1230. The van der Waals surface area contributed by atoms with Crippen LogP contribution in [0, 0.1) is 17.0 Å². The number of Topliss-reactive ketones (excluding diaryl/α,β-unsaturated/α-hetero) is 1. The monoisotopic (exact) mass is 413 g/mol. The summed E-state index contributed by atoms with van der Waals surface area (Å²) in [6.07, 6.45) is 3.05. The lowest BCUT2D eigenvalue weighted by molar-refractivity contribution is -0.120. The van der Waals surface area contributed by atoms with Crippen molar-refractivity contribution in [3.05, 3.63) is 90.8 Å². The van der Waals surface area contributed by atoms with Gasteiger partial charge in [-0.15, -0.1) is 11.3 Å². The smallest absolute Gasteiger partial charge is 0.269 e. The second-order valence-electron chi connectivity index (χ2n) is 7.78. The lowest BCUT2D eigenvalue weighted by Crippen LogP contribution is -2.32. The van der Waals surface area contributed by atoms with Gasteiger partial charge in [0.05, 0.1) is 11.1 Å². The van der Waals surface area contributed by atoms with E-state index in [9.17, 15) is 18.4 Å². The van der Waals surface area contributed by atoms with Crippen LogP contribution in [-0.4, -0.2) is 10.4 Å². The highest BCUT2D eigenvalue weighted by atomic mass is 32.1. The molecule has 0 aliphatic carbocycles. The molecule has 0 saturated carbocycles. The van der Waals surface area contributed by atoms with E-state index in [4.69, 9.17) is 0 Å². The standard InChI is InChI=1S/C23H21F2NO2S/c1-23(2,3)20(27)13-21-26(14-16-7-5-9-18(25)11-16)22(28)19(29-21)12-15-6-4-8-17(24)10-15/h4-13H,14H2,1-3H3/b19-12-,21-13-. The zero-order valence-corrected chi connectivity index (χ0v) is 17.2. The van der Waals surface area contributed by atoms with E-state index in [1.807, 2.05) is 0 Å². The summed E-state index contributed by atoms with van der Waals surface area (Å²) in [5.41, 5.74) is 0.252. The van der Waals surface area contributed by atoms with Crippen molar-refractivity contribution in [2.45, 2.75) is 27.3 Å². The van der Waals surface area contributed by atoms with Crippen LogP contribution in [0.15, 0.2) is 53.3 Å². The highest BCUT2D eigenvalue weighted by Crippen LogP contribution is 2.15. The minimum absolute atomic E-state index is 0.121. The Hall–Kier alpha value is -2.86. The molecule has 0 unspecified atom stereocenters. The summed E-state index contributed by atoms with van der Waals surface area (Å²) in [7, 11) is 0. The first-order chi connectivity index (χ1) is 13.6. The van der Waals surface area contributed by atoms with Gasteiger partial charge in [-0.3, -0.25) is 14.2 Å². The van der Waals surface area contributed by atoms with Crippen LogP contribution in [0.25, 0.3) is 12.2 Å². The van der Waals surface area contributed by atoms with E-state index in [0.717, 1.165) is 11.3 Å². The molecule has 3 nitrogen and oxygen atoms in total. The Kier molecular flexibility index (Phi) is 5.94. The summed E-state index contributed by atoms with van der Waals surface area (Å²) in [6.45, 7) is 5.53. The van der Waals surface area contributed by atoms with E-state index >= 15 is 0 Å². The first-order valence-electron chi connectivity index (χ1n) is 9.11. The number of nitrogens with zero attached hydrogens (tertiary/aromatic N) is 1. The zero-order valence-electron chi connectivity index (χ0n) is 16.4. The minimum atomic E-state index is -0.601. The summed E-state index contributed by atoms with van der Waals surface area (Å²) in [4.78, 5) is 25.6. The Morgan fingerprint density at radius 1 is 1.07 bits per heavy atom. The number of hydrogen-bond acceptors (Lipinski definition) is 3. The van der Waals surface area contributed by atoms with Crippen LogP contribution >= 0.6 is 11.3 Å². The summed E-state index contributed by atoms with van der Waals surface area (Å²) in [5.74, 6) is -0.914. The zero-order chi connectivity index (χ0) is 21.2. The molecule has 2 aromatic carbocycles. The molecule has 1 heterocycles. The maximum Gasteiger partial charge on any atom is 0.269 e. The fourth-order valence-electron chi connectivity index (χ4n) is 2.69. The van der Waals surface area contributed by atoms with E-state index in [1.54, 1.807) is 51.1 Å². The van der Waals surface area contributed by atoms with Gasteiger partial charge in [0.15, 0.2) is 5.78 Å². The third-order valence-electron chi connectivity index (χ3n) is 4.31. The molecule has 0 saturated heterocycles. The Morgan fingerprint density at radius 3 is 2.34 bits per heavy atom. The molecular weight excluding hydrogens is 392 g/mol. The molecule has 0 aliphatic heterocycles. The second-order valence-corrected chi connectivity index (χ2v) is 8.85. The van der Waals surface area contributed by atoms with Gasteiger partial charge in [0, 0.05) is 11.5 Å². The topological polar surface area (TPSA) is 39.1 Å². The lowest BCUT2D eigenvalue weighted by atomic mass is 9.91. The van der Waals surface area contributed by atoms with Crippen molar-refractivity contribution in [2.24, 2.45) is 5.41 Å². The molecule has 0 radical (unpaired) electrons. The van der Waals surface area contributed by atoms with Gasteiger partial charge in [-0.25, -0.2) is 8.78 Å². The maximum atomic E-state index is 13.6. The van der Waals surface area contributed by atoms with Crippen molar-refractivity contribution in [1.29, 1.82) is 0 Å². The molecule has 0 amide bonds. The van der Waals surface area contributed by atoms with Crippen molar-refractivity contribution in [3.63, 3.8) is 0 Å². The van der Waals surface area contributed by atoms with Crippen molar-refractivity contribution < 1.29 is 13.6 Å². The Balaban J connectivity index is 2.19. The van der Waals surface area contributed by atoms with Gasteiger partial charge >= 0.3 is 0 Å². The molecule has 0 atom stereocenters. The maximum absolute atomic E-state index is 13.6. The van der Waals surface area contributed by atoms with Gasteiger partial charge in [0.2, 0.25) is 0 Å². The number of benzene rings is 2. The van der Waals surface area contributed by atoms with E-state index in [2.05, 4.69) is 0 Å². The molecule has 3 rings (SSSR count). The summed E-state index contributed by atoms with van der Waals surface area (Å²) >= 11 is 1.16. The molecule has 1 aromatic heterocycles. The SMILES string of the molecule is CC(C)(C)C(=O)/C=c1\s/c(=C\c2cccc(F)c2)c(=O)n1Cc1cccc(F)c1. The quantitative estimate of drug-likeness (QED) is 0.657. The largest absolute Gasteiger partial charge is 0.294 e. The Labute approximate surface area is 171 Å². The fraction of sp³-hybridized carbons (Fsp3) is 0.217. The third-order valence-corrected chi connectivity index (χ3v) is 5.37. The van der Waals surface area contributed by atoms with Crippen molar-refractivity contribution in [2.75, 3.05) is 0 Å². The van der Waals surface area contributed by atoms with E-state index in [-0.39, 0.29) is 17.9 Å².